The highest BCUT2D eigenvalue weighted by Crippen LogP contribution is 2.05. The van der Waals surface area contributed by atoms with Gasteiger partial charge in [-0.2, -0.15) is 0 Å². The zero-order valence-electron chi connectivity index (χ0n) is 16.0. The number of carbonyl (C=O) groups is 4. The lowest BCUT2D eigenvalue weighted by Gasteiger charge is -2.14. The molecule has 160 valence electrons. The Labute approximate surface area is 168 Å². The first-order valence-corrected chi connectivity index (χ1v) is 9.25. The molecule has 1 aliphatic heterocycles. The fourth-order valence-corrected chi connectivity index (χ4v) is 2.46. The van der Waals surface area contributed by atoms with E-state index in [-0.39, 0.29) is 12.5 Å². The topological polar surface area (TPSA) is 168 Å². The van der Waals surface area contributed by atoms with E-state index in [0.29, 0.717) is 32.2 Å². The molecule has 0 spiro atoms. The first-order valence-electron chi connectivity index (χ1n) is 9.25. The molecule has 1 aliphatic rings. The fourth-order valence-electron chi connectivity index (χ4n) is 2.46. The molecule has 0 aromatic heterocycles. The van der Waals surface area contributed by atoms with Gasteiger partial charge in [0, 0.05) is 6.42 Å². The van der Waals surface area contributed by atoms with Crippen LogP contribution in [0.15, 0.2) is 30.3 Å². The molecule has 1 heterocycles. The van der Waals surface area contributed by atoms with Crippen LogP contribution in [0, 0.1) is 0 Å². The van der Waals surface area contributed by atoms with Gasteiger partial charge in [0.05, 0.1) is 0 Å². The Balaban J connectivity index is 0.000000387. The molecule has 2 amide bonds. The minimum absolute atomic E-state index is 0.113. The van der Waals surface area contributed by atoms with Gasteiger partial charge in [0.15, 0.2) is 0 Å². The van der Waals surface area contributed by atoms with Crippen molar-refractivity contribution in [3.63, 3.8) is 0 Å². The van der Waals surface area contributed by atoms with Crippen LogP contribution in [0.2, 0.25) is 0 Å². The molecule has 2 rings (SSSR count). The lowest BCUT2D eigenvalue weighted by atomic mass is 10.1. The highest BCUT2D eigenvalue weighted by Gasteiger charge is 2.26. The summed E-state index contributed by atoms with van der Waals surface area (Å²) in [5.41, 5.74) is 6.19. The summed E-state index contributed by atoms with van der Waals surface area (Å²) in [4.78, 5) is 43.1. The number of alkyl carbamates (subject to hydrolysis) is 1. The first kappa shape index (κ1) is 23.9. The number of hydrogen-bond donors (Lipinski definition) is 5. The number of nitrogens with one attached hydrogen (secondary N) is 2. The Kier molecular flexibility index (Phi) is 10.8. The molecule has 0 aliphatic carbocycles. The Hall–Kier alpha value is -3.14. The Morgan fingerprint density at radius 2 is 1.90 bits per heavy atom. The van der Waals surface area contributed by atoms with Crippen LogP contribution >= 0.6 is 0 Å². The van der Waals surface area contributed by atoms with E-state index >= 15 is 0 Å². The van der Waals surface area contributed by atoms with Gasteiger partial charge in [0.2, 0.25) is 5.91 Å². The third-order valence-corrected chi connectivity index (χ3v) is 4.04. The van der Waals surface area contributed by atoms with Gasteiger partial charge in [-0.1, -0.05) is 30.3 Å². The van der Waals surface area contributed by atoms with E-state index in [1.54, 1.807) is 0 Å². The van der Waals surface area contributed by atoms with Gasteiger partial charge < -0.3 is 31.3 Å². The van der Waals surface area contributed by atoms with E-state index in [9.17, 15) is 19.2 Å². The van der Waals surface area contributed by atoms with Gasteiger partial charge >= 0.3 is 18.0 Å². The molecule has 1 saturated heterocycles. The van der Waals surface area contributed by atoms with E-state index in [2.05, 4.69) is 10.6 Å². The van der Waals surface area contributed by atoms with E-state index in [1.165, 1.54) is 0 Å². The van der Waals surface area contributed by atoms with Crippen LogP contribution in [0.1, 0.15) is 37.7 Å². The van der Waals surface area contributed by atoms with Gasteiger partial charge in [-0.25, -0.2) is 14.4 Å². The van der Waals surface area contributed by atoms with Crippen LogP contribution in [-0.2, 0) is 25.7 Å². The highest BCUT2D eigenvalue weighted by molar-refractivity contribution is 5.87. The van der Waals surface area contributed by atoms with E-state index in [1.807, 2.05) is 30.3 Å². The molecule has 2 atom stereocenters. The zero-order chi connectivity index (χ0) is 21.6. The number of hydrogen-bond acceptors (Lipinski definition) is 6. The largest absolute Gasteiger partial charge is 0.480 e. The van der Waals surface area contributed by atoms with Crippen molar-refractivity contribution in [3.8, 4) is 0 Å². The normalized spacial score (nSPS) is 16.0. The maximum atomic E-state index is 11.5. The number of unbranched alkanes of at least 4 members (excludes halogenated alkanes) is 1. The standard InChI is InChI=1S/C14H20N2O4.C5H7NO3/c15-9-5-4-8-12(13(17)18)16-14(19)20-10-11-6-2-1-3-7-11;7-4-2-1-3(6-4)5(8)9/h1-3,6-7,12H,4-5,8-10,15H2,(H,16,19)(H,17,18);3H,1-2H2,(H,6,7)(H,8,9)/t12-;3-/m00/s1. The summed E-state index contributed by atoms with van der Waals surface area (Å²) in [5.74, 6) is -2.18. The average Bonchev–Trinajstić information content (AvgIpc) is 3.14. The van der Waals surface area contributed by atoms with Crippen molar-refractivity contribution in [2.75, 3.05) is 6.54 Å². The molecular formula is C19H27N3O7. The van der Waals surface area contributed by atoms with Crippen molar-refractivity contribution in [3.05, 3.63) is 35.9 Å². The van der Waals surface area contributed by atoms with Crippen molar-refractivity contribution < 1.29 is 34.1 Å². The summed E-state index contributed by atoms with van der Waals surface area (Å²) in [7, 11) is 0. The lowest BCUT2D eigenvalue weighted by molar-refractivity contribution is -0.140. The van der Waals surface area contributed by atoms with Crippen LogP contribution in [0.25, 0.3) is 0 Å². The van der Waals surface area contributed by atoms with Gasteiger partial charge in [-0.3, -0.25) is 4.79 Å². The van der Waals surface area contributed by atoms with Crippen LogP contribution < -0.4 is 16.4 Å². The second-order valence-corrected chi connectivity index (χ2v) is 6.38. The lowest BCUT2D eigenvalue weighted by Crippen LogP contribution is -2.41. The SMILES string of the molecule is NCCCC[C@H](NC(=O)OCc1ccccc1)C(=O)O.O=C1CC[C@@H](C(=O)O)N1. The predicted octanol–water partition coefficient (Wildman–Crippen LogP) is 0.845. The summed E-state index contributed by atoms with van der Waals surface area (Å²) in [6, 6.07) is 7.60. The minimum Gasteiger partial charge on any atom is -0.480 e. The zero-order valence-corrected chi connectivity index (χ0v) is 16.0. The first-order chi connectivity index (χ1) is 13.8. The molecule has 10 heteroatoms. The Bertz CT molecular complexity index is 682. The van der Waals surface area contributed by atoms with Gasteiger partial charge in [0.25, 0.3) is 0 Å². The Morgan fingerprint density at radius 3 is 2.38 bits per heavy atom. The van der Waals surface area contributed by atoms with Crippen LogP contribution in [0.4, 0.5) is 4.79 Å². The molecule has 6 N–H and O–H groups in total. The van der Waals surface area contributed by atoms with Crippen LogP contribution in [0.3, 0.4) is 0 Å². The van der Waals surface area contributed by atoms with E-state index < -0.39 is 30.1 Å². The number of ether oxygens (including phenoxy) is 1. The van der Waals surface area contributed by atoms with Crippen molar-refractivity contribution in [2.45, 2.75) is 50.8 Å². The second-order valence-electron chi connectivity index (χ2n) is 6.38. The molecule has 1 fully saturated rings. The molecular weight excluding hydrogens is 382 g/mol. The second kappa shape index (κ2) is 13.1. The van der Waals surface area contributed by atoms with Crippen molar-refractivity contribution >= 4 is 23.9 Å². The number of carbonyl (C=O) groups excluding carboxylic acids is 2. The number of benzene rings is 1. The minimum atomic E-state index is -1.07. The Morgan fingerprint density at radius 1 is 1.21 bits per heavy atom. The summed E-state index contributed by atoms with van der Waals surface area (Å²) < 4.78 is 4.98. The average molecular weight is 409 g/mol. The maximum absolute atomic E-state index is 11.5. The predicted molar refractivity (Wildman–Crippen MR) is 103 cm³/mol. The van der Waals surface area contributed by atoms with Crippen molar-refractivity contribution in [1.29, 1.82) is 0 Å². The molecule has 0 bridgehead atoms. The highest BCUT2D eigenvalue weighted by atomic mass is 16.5. The third kappa shape index (κ3) is 10.1. The number of amides is 2. The number of rotatable bonds is 9. The summed E-state index contributed by atoms with van der Waals surface area (Å²) in [5, 5.41) is 22.0. The smallest absolute Gasteiger partial charge is 0.408 e. The molecule has 0 unspecified atom stereocenters. The molecule has 0 radical (unpaired) electrons. The van der Waals surface area contributed by atoms with Crippen LogP contribution in [0.5, 0.6) is 0 Å². The van der Waals surface area contributed by atoms with E-state index in [0.717, 1.165) is 12.0 Å². The van der Waals surface area contributed by atoms with Gasteiger partial charge in [-0.15, -0.1) is 0 Å². The fraction of sp³-hybridized carbons (Fsp3) is 0.474. The molecule has 0 saturated carbocycles. The van der Waals surface area contributed by atoms with E-state index in [4.69, 9.17) is 20.7 Å². The quantitative estimate of drug-likeness (QED) is 0.374. The molecule has 10 nitrogen and oxygen atoms in total. The number of carboxylic acids is 2. The van der Waals surface area contributed by atoms with Gasteiger partial charge in [0.1, 0.15) is 18.7 Å². The molecule has 29 heavy (non-hydrogen) atoms. The maximum Gasteiger partial charge on any atom is 0.408 e. The monoisotopic (exact) mass is 409 g/mol. The van der Waals surface area contributed by atoms with Crippen LogP contribution in [-0.4, -0.2) is 52.8 Å². The number of aliphatic carboxylic acids is 2. The number of carboxylic acid groups (broad SMARTS) is 2. The van der Waals surface area contributed by atoms with Crippen molar-refractivity contribution in [2.24, 2.45) is 5.73 Å². The molecule has 1 aromatic rings. The van der Waals surface area contributed by atoms with Gasteiger partial charge in [-0.05, 0) is 37.8 Å². The third-order valence-electron chi connectivity index (χ3n) is 4.04. The summed E-state index contributed by atoms with van der Waals surface area (Å²) >= 11 is 0. The summed E-state index contributed by atoms with van der Waals surface area (Å²) in [6.07, 6.45) is 1.75. The van der Waals surface area contributed by atoms with Crippen molar-refractivity contribution in [1.82, 2.24) is 10.6 Å². The summed E-state index contributed by atoms with van der Waals surface area (Å²) in [6.45, 7) is 0.618. The number of nitrogens with two attached hydrogens (primary N) is 1. The molecule has 1 aromatic carbocycles.